The molecule has 1 fully saturated rings. The molecule has 0 saturated heterocycles. The van der Waals surface area contributed by atoms with Gasteiger partial charge in [0.2, 0.25) is 11.7 Å². The molecule has 1 amide bonds. The summed E-state index contributed by atoms with van der Waals surface area (Å²) in [5.74, 6) is 1.07. The van der Waals surface area contributed by atoms with E-state index in [1.165, 1.54) is 11.8 Å². The first-order chi connectivity index (χ1) is 26.3. The van der Waals surface area contributed by atoms with Crippen molar-refractivity contribution in [3.63, 3.8) is 0 Å². The Labute approximate surface area is 327 Å². The smallest absolute Gasteiger partial charge is 0.231 e. The van der Waals surface area contributed by atoms with Gasteiger partial charge in [-0.1, -0.05) is 30.1 Å². The molecule has 3 aliphatic rings. The highest BCUT2D eigenvalue weighted by molar-refractivity contribution is 8.00. The third-order valence-corrected chi connectivity index (χ3v) is 12.6. The van der Waals surface area contributed by atoms with Crippen LogP contribution in [0.2, 0.25) is 0 Å². The fourth-order valence-corrected chi connectivity index (χ4v) is 10.1. The molecule has 0 unspecified atom stereocenters. The predicted octanol–water partition coefficient (Wildman–Crippen LogP) is 9.21. The monoisotopic (exact) mass is 772 g/mol. The number of allylic oxidation sites excluding steroid dienone is 1. The Hall–Kier alpha value is -3.74. The second-order valence-corrected chi connectivity index (χ2v) is 16.2. The SMILES string of the molecule is C=CCO[C@@]12Oc3ccc(Oc4ccc(SC)cc4)cc3[C@H]3[C@H](CCCCO)[C@@H](CCCCO)C=C(C(=NOC)C[C@@H]1Sc1ccc(NC(C)=O)cc1)[C@H]32. The molecule has 9 nitrogen and oxygen atoms in total. The zero-order valence-corrected chi connectivity index (χ0v) is 33.0. The predicted molar refractivity (Wildman–Crippen MR) is 217 cm³/mol. The normalized spacial score (nSPS) is 24.8. The number of carbonyl (C=O) groups excluding carboxylic acids is 1. The number of amides is 1. The summed E-state index contributed by atoms with van der Waals surface area (Å²) >= 11 is 3.36. The average Bonchev–Trinajstić information content (AvgIpc) is 3.17. The largest absolute Gasteiger partial charge is 0.460 e. The van der Waals surface area contributed by atoms with Gasteiger partial charge >= 0.3 is 0 Å². The van der Waals surface area contributed by atoms with Crippen LogP contribution in [0.4, 0.5) is 5.69 Å². The quantitative estimate of drug-likeness (QED) is 0.0503. The fourth-order valence-electron chi connectivity index (χ4n) is 8.36. The molecule has 3 N–H and O–H groups in total. The van der Waals surface area contributed by atoms with Crippen LogP contribution in [-0.4, -0.2) is 66.1 Å². The molecule has 2 aliphatic carbocycles. The van der Waals surface area contributed by atoms with Gasteiger partial charge in [-0.25, -0.2) is 0 Å². The van der Waals surface area contributed by atoms with Crippen LogP contribution in [0.25, 0.3) is 0 Å². The number of oxime groups is 1. The van der Waals surface area contributed by atoms with Crippen molar-refractivity contribution in [3.05, 3.63) is 96.6 Å². The first-order valence-electron chi connectivity index (χ1n) is 18.8. The van der Waals surface area contributed by atoms with E-state index in [1.807, 2.05) is 48.5 Å². The molecule has 0 aromatic heterocycles. The average molecular weight is 773 g/mol. The number of nitrogens with zero attached hydrogens (tertiary/aromatic N) is 1. The van der Waals surface area contributed by atoms with E-state index in [9.17, 15) is 15.0 Å². The van der Waals surface area contributed by atoms with Crippen molar-refractivity contribution in [3.8, 4) is 17.2 Å². The maximum absolute atomic E-state index is 11.7. The summed E-state index contributed by atoms with van der Waals surface area (Å²) in [7, 11) is 1.59. The Morgan fingerprint density at radius 3 is 2.37 bits per heavy atom. The van der Waals surface area contributed by atoms with Gasteiger partial charge in [0, 0.05) is 53.5 Å². The van der Waals surface area contributed by atoms with E-state index in [2.05, 4.69) is 47.6 Å². The number of fused-ring (bicyclic) bond motifs is 2. The van der Waals surface area contributed by atoms with E-state index >= 15 is 0 Å². The lowest BCUT2D eigenvalue weighted by Crippen LogP contribution is -2.64. The van der Waals surface area contributed by atoms with Crippen LogP contribution in [0.15, 0.2) is 106 Å². The molecular formula is C43H52N2O7S2. The Morgan fingerprint density at radius 1 is 1.00 bits per heavy atom. The van der Waals surface area contributed by atoms with E-state index in [0.717, 1.165) is 76.8 Å². The Morgan fingerprint density at radius 2 is 1.70 bits per heavy atom. The van der Waals surface area contributed by atoms with Crippen molar-refractivity contribution in [1.29, 1.82) is 0 Å². The van der Waals surface area contributed by atoms with E-state index in [4.69, 9.17) is 19.0 Å². The number of nitrogens with one attached hydrogen (secondary N) is 1. The standard InChI is InChI=1S/C43H52N2O7S2/c1-5-24-50-43-40(54-34-17-12-30(13-18-34)44-28(2)48)27-38(45-49-3)36-25-29(10-6-8-22-46)35(11-7-9-23-47)41(42(36)43)37-26-32(16-21-39(37)52-43)51-31-14-19-33(53-4)20-15-31/h5,12-21,25-26,29,35,40-42,46-47H,1,6-11,22-24,27H2,2-4H3,(H,44,48)/t29-,35+,40-,41+,42+,43+/m0/s1. The van der Waals surface area contributed by atoms with Gasteiger partial charge < -0.3 is 34.6 Å². The molecule has 3 aromatic rings. The molecule has 0 spiro atoms. The van der Waals surface area contributed by atoms with Gasteiger partial charge in [-0.2, -0.15) is 0 Å². The third-order valence-electron chi connectivity index (χ3n) is 10.6. The third kappa shape index (κ3) is 8.87. The van der Waals surface area contributed by atoms with Crippen LogP contribution < -0.4 is 14.8 Å². The number of carbonyl (C=O) groups is 1. The van der Waals surface area contributed by atoms with Crippen LogP contribution in [0, 0.1) is 17.8 Å². The fraction of sp³-hybridized carbons (Fsp3) is 0.442. The van der Waals surface area contributed by atoms with Crippen LogP contribution in [0.3, 0.4) is 0 Å². The van der Waals surface area contributed by atoms with E-state index in [-0.39, 0.29) is 54.6 Å². The number of aliphatic hydroxyl groups is 2. The Bertz CT molecular complexity index is 1800. The number of benzene rings is 3. The minimum Gasteiger partial charge on any atom is -0.460 e. The molecule has 6 rings (SSSR count). The van der Waals surface area contributed by atoms with Gasteiger partial charge in [0.1, 0.15) is 24.4 Å². The second kappa shape index (κ2) is 18.7. The van der Waals surface area contributed by atoms with Crippen molar-refractivity contribution >= 4 is 40.8 Å². The van der Waals surface area contributed by atoms with Gasteiger partial charge in [-0.3, -0.25) is 4.79 Å². The van der Waals surface area contributed by atoms with Crippen LogP contribution >= 0.6 is 23.5 Å². The summed E-state index contributed by atoms with van der Waals surface area (Å²) in [6.07, 6.45) is 11.7. The van der Waals surface area contributed by atoms with Crippen molar-refractivity contribution in [2.45, 2.75) is 78.6 Å². The summed E-state index contributed by atoms with van der Waals surface area (Å²) in [4.78, 5) is 19.4. The maximum atomic E-state index is 11.7. The lowest BCUT2D eigenvalue weighted by Gasteiger charge is -2.58. The van der Waals surface area contributed by atoms with Crippen molar-refractivity contribution in [2.24, 2.45) is 22.9 Å². The van der Waals surface area contributed by atoms with Gasteiger partial charge in [0.25, 0.3) is 0 Å². The molecular weight excluding hydrogens is 721 g/mol. The summed E-state index contributed by atoms with van der Waals surface area (Å²) < 4.78 is 20.8. The van der Waals surface area contributed by atoms with Gasteiger partial charge in [0.05, 0.1) is 23.5 Å². The Kier molecular flexibility index (Phi) is 13.9. The van der Waals surface area contributed by atoms with Crippen LogP contribution in [0.5, 0.6) is 17.2 Å². The first kappa shape index (κ1) is 39.9. The number of rotatable bonds is 18. The van der Waals surface area contributed by atoms with E-state index < -0.39 is 5.79 Å². The van der Waals surface area contributed by atoms with Crippen LogP contribution in [0.1, 0.15) is 63.4 Å². The summed E-state index contributed by atoms with van der Waals surface area (Å²) in [6.45, 7) is 6.09. The number of ether oxygens (including phenoxy) is 3. The van der Waals surface area contributed by atoms with E-state index in [0.29, 0.717) is 12.8 Å². The van der Waals surface area contributed by atoms with Gasteiger partial charge in [0.15, 0.2) is 0 Å². The molecule has 11 heteroatoms. The summed E-state index contributed by atoms with van der Waals surface area (Å²) in [5.41, 5.74) is 3.73. The zero-order chi connectivity index (χ0) is 38.1. The second-order valence-electron chi connectivity index (χ2n) is 14.0. The lowest BCUT2D eigenvalue weighted by atomic mass is 9.56. The minimum absolute atomic E-state index is 0.0496. The van der Waals surface area contributed by atoms with E-state index in [1.54, 1.807) is 36.7 Å². The van der Waals surface area contributed by atoms with Crippen molar-refractivity contribution in [1.82, 2.24) is 0 Å². The van der Waals surface area contributed by atoms with Crippen molar-refractivity contribution < 1.29 is 34.1 Å². The summed E-state index contributed by atoms with van der Waals surface area (Å²) in [5, 5.41) is 26.9. The molecule has 1 heterocycles. The molecule has 6 atom stereocenters. The number of thioether (sulfide) groups is 2. The summed E-state index contributed by atoms with van der Waals surface area (Å²) in [6, 6.07) is 22.0. The molecule has 288 valence electrons. The minimum atomic E-state index is -1.10. The number of hydrogen-bond donors (Lipinski definition) is 3. The molecule has 54 heavy (non-hydrogen) atoms. The number of hydrogen-bond acceptors (Lipinski definition) is 10. The zero-order valence-electron chi connectivity index (χ0n) is 31.4. The highest BCUT2D eigenvalue weighted by Crippen LogP contribution is 2.63. The first-order valence-corrected chi connectivity index (χ1v) is 20.9. The van der Waals surface area contributed by atoms with Crippen LogP contribution in [-0.2, 0) is 14.4 Å². The molecule has 1 aliphatic heterocycles. The molecule has 0 bridgehead atoms. The number of aliphatic hydroxyl groups excluding tert-OH is 2. The topological polar surface area (TPSA) is 119 Å². The molecule has 3 aromatic carbocycles. The van der Waals surface area contributed by atoms with Crippen molar-refractivity contribution in [2.75, 3.05) is 38.5 Å². The molecule has 1 saturated carbocycles. The number of unbranched alkanes of at least 4 members (excludes halogenated alkanes) is 2. The number of anilines is 1. The highest BCUT2D eigenvalue weighted by Gasteiger charge is 2.64. The molecule has 0 radical (unpaired) electrons. The highest BCUT2D eigenvalue weighted by atomic mass is 32.2. The van der Waals surface area contributed by atoms with Gasteiger partial charge in [-0.15, -0.1) is 30.1 Å². The maximum Gasteiger partial charge on any atom is 0.231 e. The Balaban J connectivity index is 1.51. The lowest BCUT2D eigenvalue weighted by molar-refractivity contribution is -0.223. The van der Waals surface area contributed by atoms with Gasteiger partial charge in [-0.05, 0) is 116 Å².